The third-order valence-corrected chi connectivity index (χ3v) is 3.02. The van der Waals surface area contributed by atoms with Crippen molar-refractivity contribution in [2.24, 2.45) is 5.10 Å². The summed E-state index contributed by atoms with van der Waals surface area (Å²) in [5.41, 5.74) is 3.66. The average molecular weight is 233 g/mol. The van der Waals surface area contributed by atoms with Crippen molar-refractivity contribution in [3.05, 3.63) is 18.1 Å². The Balaban J connectivity index is 2.05. The van der Waals surface area contributed by atoms with Crippen molar-refractivity contribution in [1.29, 1.82) is 0 Å². The standard InChI is InChI=1S/C12H19N5/c1-13-16-8-10-7-14-9-15-12(10)17-11-5-3-2-4-6-11/h7-9,11,13H,2-6H2,1H3,(H,14,15,17)/b16-8-. The summed E-state index contributed by atoms with van der Waals surface area (Å²) in [6.45, 7) is 0. The lowest BCUT2D eigenvalue weighted by atomic mass is 9.95. The number of nitrogens with zero attached hydrogens (tertiary/aromatic N) is 3. The van der Waals surface area contributed by atoms with Gasteiger partial charge in [-0.3, -0.25) is 0 Å². The Hall–Kier alpha value is -1.65. The van der Waals surface area contributed by atoms with E-state index in [1.807, 2.05) is 0 Å². The monoisotopic (exact) mass is 233 g/mol. The maximum atomic E-state index is 4.28. The highest BCUT2D eigenvalue weighted by molar-refractivity contribution is 5.85. The maximum Gasteiger partial charge on any atom is 0.138 e. The van der Waals surface area contributed by atoms with Gasteiger partial charge in [0.15, 0.2) is 0 Å². The fourth-order valence-electron chi connectivity index (χ4n) is 2.13. The molecule has 1 aliphatic rings. The van der Waals surface area contributed by atoms with Crippen molar-refractivity contribution in [3.8, 4) is 0 Å². The van der Waals surface area contributed by atoms with Crippen molar-refractivity contribution in [2.75, 3.05) is 12.4 Å². The van der Waals surface area contributed by atoms with E-state index in [2.05, 4.69) is 25.8 Å². The van der Waals surface area contributed by atoms with E-state index >= 15 is 0 Å². The van der Waals surface area contributed by atoms with Gasteiger partial charge in [-0.1, -0.05) is 19.3 Å². The Morgan fingerprint density at radius 1 is 1.35 bits per heavy atom. The van der Waals surface area contributed by atoms with Gasteiger partial charge in [0, 0.05) is 19.3 Å². The number of hydrazone groups is 1. The third kappa shape index (κ3) is 3.41. The van der Waals surface area contributed by atoms with Gasteiger partial charge in [-0.2, -0.15) is 5.10 Å². The van der Waals surface area contributed by atoms with Gasteiger partial charge in [0.25, 0.3) is 0 Å². The number of anilines is 1. The molecule has 17 heavy (non-hydrogen) atoms. The lowest BCUT2D eigenvalue weighted by molar-refractivity contribution is 0.462. The van der Waals surface area contributed by atoms with E-state index in [1.54, 1.807) is 25.8 Å². The van der Waals surface area contributed by atoms with E-state index in [9.17, 15) is 0 Å². The zero-order chi connectivity index (χ0) is 11.9. The van der Waals surface area contributed by atoms with Gasteiger partial charge in [-0.15, -0.1) is 0 Å². The van der Waals surface area contributed by atoms with Gasteiger partial charge >= 0.3 is 0 Å². The topological polar surface area (TPSA) is 62.2 Å². The number of aromatic nitrogens is 2. The highest BCUT2D eigenvalue weighted by Gasteiger charge is 2.14. The Kier molecular flexibility index (Phi) is 4.30. The summed E-state index contributed by atoms with van der Waals surface area (Å²) in [4.78, 5) is 8.31. The molecule has 92 valence electrons. The molecule has 0 spiro atoms. The van der Waals surface area contributed by atoms with Crippen LogP contribution < -0.4 is 10.7 Å². The maximum absolute atomic E-state index is 4.28. The zero-order valence-electron chi connectivity index (χ0n) is 10.2. The number of hydrogen-bond donors (Lipinski definition) is 2. The molecule has 1 aliphatic carbocycles. The van der Waals surface area contributed by atoms with E-state index < -0.39 is 0 Å². The van der Waals surface area contributed by atoms with Gasteiger partial charge in [0.1, 0.15) is 12.1 Å². The van der Waals surface area contributed by atoms with Crippen LogP contribution in [0, 0.1) is 0 Å². The highest BCUT2D eigenvalue weighted by atomic mass is 15.3. The van der Waals surface area contributed by atoms with Crippen molar-refractivity contribution >= 4 is 12.0 Å². The Morgan fingerprint density at radius 3 is 2.94 bits per heavy atom. The molecular formula is C12H19N5. The molecule has 2 N–H and O–H groups in total. The first-order chi connectivity index (χ1) is 8.40. The number of hydrogen-bond acceptors (Lipinski definition) is 5. The van der Waals surface area contributed by atoms with E-state index in [0.717, 1.165) is 11.4 Å². The summed E-state index contributed by atoms with van der Waals surface area (Å²) in [6.07, 6.45) is 11.5. The van der Waals surface area contributed by atoms with Crippen LogP contribution in [0.1, 0.15) is 37.7 Å². The minimum absolute atomic E-state index is 0.542. The molecule has 0 saturated heterocycles. The molecule has 0 aromatic carbocycles. The fourth-order valence-corrected chi connectivity index (χ4v) is 2.13. The van der Waals surface area contributed by atoms with Crippen molar-refractivity contribution in [1.82, 2.24) is 15.4 Å². The normalized spacial score (nSPS) is 17.2. The molecule has 1 aromatic heterocycles. The molecular weight excluding hydrogens is 214 g/mol. The van der Waals surface area contributed by atoms with Gasteiger partial charge in [-0.25, -0.2) is 9.97 Å². The summed E-state index contributed by atoms with van der Waals surface area (Å²) < 4.78 is 0. The van der Waals surface area contributed by atoms with Gasteiger partial charge < -0.3 is 10.7 Å². The van der Waals surface area contributed by atoms with Crippen LogP contribution in [0.2, 0.25) is 0 Å². The Bertz CT molecular complexity index is 371. The summed E-state index contributed by atoms with van der Waals surface area (Å²) in [7, 11) is 1.77. The van der Waals surface area contributed by atoms with Crippen molar-refractivity contribution in [3.63, 3.8) is 0 Å². The second-order valence-corrected chi connectivity index (χ2v) is 4.29. The van der Waals surface area contributed by atoms with Crippen molar-refractivity contribution in [2.45, 2.75) is 38.1 Å². The second-order valence-electron chi connectivity index (χ2n) is 4.29. The summed E-state index contributed by atoms with van der Waals surface area (Å²) in [6, 6.07) is 0.542. The fraction of sp³-hybridized carbons (Fsp3) is 0.583. The largest absolute Gasteiger partial charge is 0.367 e. The van der Waals surface area contributed by atoms with Gasteiger partial charge in [0.2, 0.25) is 0 Å². The molecule has 1 heterocycles. The molecule has 2 rings (SSSR count). The van der Waals surface area contributed by atoms with Gasteiger partial charge in [0.05, 0.1) is 11.8 Å². The van der Waals surface area contributed by atoms with Crippen LogP contribution in [0.5, 0.6) is 0 Å². The quantitative estimate of drug-likeness (QED) is 0.614. The van der Waals surface area contributed by atoms with Crippen LogP contribution in [0.3, 0.4) is 0 Å². The van der Waals surface area contributed by atoms with Crippen LogP contribution in [0.25, 0.3) is 0 Å². The molecule has 1 fully saturated rings. The zero-order valence-corrected chi connectivity index (χ0v) is 10.2. The van der Waals surface area contributed by atoms with E-state index in [4.69, 9.17) is 0 Å². The molecule has 0 atom stereocenters. The molecule has 1 aromatic rings. The molecule has 5 heteroatoms. The first kappa shape index (κ1) is 11.8. The number of rotatable bonds is 4. The summed E-state index contributed by atoms with van der Waals surface area (Å²) >= 11 is 0. The highest BCUT2D eigenvalue weighted by Crippen LogP contribution is 2.21. The lowest BCUT2D eigenvalue weighted by Crippen LogP contribution is -2.23. The lowest BCUT2D eigenvalue weighted by Gasteiger charge is -2.23. The minimum atomic E-state index is 0.542. The Labute approximate surface area is 102 Å². The SMILES string of the molecule is CN/N=C\c1cncnc1NC1CCCCC1. The minimum Gasteiger partial charge on any atom is -0.367 e. The van der Waals surface area contributed by atoms with Crippen LogP contribution in [0.15, 0.2) is 17.6 Å². The first-order valence-corrected chi connectivity index (χ1v) is 6.16. The molecule has 0 amide bonds. The number of nitrogens with one attached hydrogen (secondary N) is 2. The summed E-state index contributed by atoms with van der Waals surface area (Å²) in [5, 5.41) is 7.49. The predicted molar refractivity (Wildman–Crippen MR) is 69.2 cm³/mol. The van der Waals surface area contributed by atoms with Crippen molar-refractivity contribution < 1.29 is 0 Å². The van der Waals surface area contributed by atoms with E-state index in [0.29, 0.717) is 6.04 Å². The molecule has 1 saturated carbocycles. The van der Waals surface area contributed by atoms with Crippen LogP contribution in [0.4, 0.5) is 5.82 Å². The molecule has 0 unspecified atom stereocenters. The second kappa shape index (κ2) is 6.18. The van der Waals surface area contributed by atoms with Crippen LogP contribution in [-0.2, 0) is 0 Å². The molecule has 0 radical (unpaired) electrons. The smallest absolute Gasteiger partial charge is 0.138 e. The predicted octanol–water partition coefficient (Wildman–Crippen LogP) is 1.77. The molecule has 5 nitrogen and oxygen atoms in total. The molecule has 0 aliphatic heterocycles. The van der Waals surface area contributed by atoms with E-state index in [-0.39, 0.29) is 0 Å². The third-order valence-electron chi connectivity index (χ3n) is 3.02. The Morgan fingerprint density at radius 2 is 2.18 bits per heavy atom. The summed E-state index contributed by atoms with van der Waals surface area (Å²) in [5.74, 6) is 0.880. The van der Waals surface area contributed by atoms with E-state index in [1.165, 1.54) is 32.1 Å². The van der Waals surface area contributed by atoms with Crippen LogP contribution in [-0.4, -0.2) is 29.3 Å². The van der Waals surface area contributed by atoms with Gasteiger partial charge in [-0.05, 0) is 12.8 Å². The van der Waals surface area contributed by atoms with Crippen LogP contribution >= 0.6 is 0 Å². The average Bonchev–Trinajstić information content (AvgIpc) is 2.39. The molecule has 0 bridgehead atoms. The first-order valence-electron chi connectivity index (χ1n) is 6.16.